The molecule has 1 aromatic heterocycles. The molecule has 18 heavy (non-hydrogen) atoms. The number of aryl methyl sites for hydroxylation is 1. The Kier molecular flexibility index (Phi) is 4.39. The van der Waals surface area contributed by atoms with E-state index in [-0.39, 0.29) is 0 Å². The Bertz CT molecular complexity index is 543. The molecule has 2 aromatic rings. The summed E-state index contributed by atoms with van der Waals surface area (Å²) in [6.07, 6.45) is 3.85. The highest BCUT2D eigenvalue weighted by molar-refractivity contribution is 6.36. The highest BCUT2D eigenvalue weighted by atomic mass is 35.5. The van der Waals surface area contributed by atoms with Crippen LogP contribution >= 0.6 is 11.6 Å². The Morgan fingerprint density at radius 2 is 2.22 bits per heavy atom. The number of hydrogen-bond donors (Lipinski definition) is 1. The summed E-state index contributed by atoms with van der Waals surface area (Å²) in [5.74, 6) is 0.804. The van der Waals surface area contributed by atoms with E-state index < -0.39 is 0 Å². The molecule has 3 nitrogen and oxygen atoms in total. The van der Waals surface area contributed by atoms with Crippen molar-refractivity contribution in [3.63, 3.8) is 0 Å². The van der Waals surface area contributed by atoms with Gasteiger partial charge in [0.25, 0.3) is 0 Å². The van der Waals surface area contributed by atoms with Crippen LogP contribution < -0.4 is 10.1 Å². The zero-order valence-corrected chi connectivity index (χ0v) is 11.4. The van der Waals surface area contributed by atoms with Crippen molar-refractivity contribution in [2.45, 2.75) is 12.8 Å². The van der Waals surface area contributed by atoms with E-state index in [0.717, 1.165) is 46.6 Å². The number of benzene rings is 1. The molecule has 0 saturated carbocycles. The van der Waals surface area contributed by atoms with Gasteiger partial charge in [0.05, 0.1) is 17.6 Å². The van der Waals surface area contributed by atoms with Gasteiger partial charge < -0.3 is 10.1 Å². The normalized spacial score (nSPS) is 10.8. The van der Waals surface area contributed by atoms with Crippen molar-refractivity contribution in [2.75, 3.05) is 20.7 Å². The van der Waals surface area contributed by atoms with Crippen molar-refractivity contribution in [1.82, 2.24) is 10.3 Å². The first-order valence-electron chi connectivity index (χ1n) is 6.02. The van der Waals surface area contributed by atoms with Crippen LogP contribution in [0.15, 0.2) is 24.4 Å². The molecular formula is C14H17ClN2O. The van der Waals surface area contributed by atoms with Gasteiger partial charge in [-0.25, -0.2) is 0 Å². The van der Waals surface area contributed by atoms with E-state index in [1.807, 2.05) is 31.4 Å². The van der Waals surface area contributed by atoms with Crippen LogP contribution in [-0.2, 0) is 6.42 Å². The van der Waals surface area contributed by atoms with Gasteiger partial charge in [0.15, 0.2) is 0 Å². The van der Waals surface area contributed by atoms with Crippen molar-refractivity contribution in [3.8, 4) is 5.75 Å². The molecule has 0 unspecified atom stereocenters. The average Bonchev–Trinajstić information content (AvgIpc) is 2.41. The highest BCUT2D eigenvalue weighted by Crippen LogP contribution is 2.29. The lowest BCUT2D eigenvalue weighted by molar-refractivity contribution is 0.415. The van der Waals surface area contributed by atoms with Crippen LogP contribution in [0.2, 0.25) is 5.02 Å². The minimum absolute atomic E-state index is 0.787. The van der Waals surface area contributed by atoms with Crippen LogP contribution in [0.3, 0.4) is 0 Å². The summed E-state index contributed by atoms with van der Waals surface area (Å²) in [5.41, 5.74) is 1.99. The van der Waals surface area contributed by atoms with Crippen molar-refractivity contribution in [1.29, 1.82) is 0 Å². The third-order valence-corrected chi connectivity index (χ3v) is 3.40. The van der Waals surface area contributed by atoms with Crippen molar-refractivity contribution in [3.05, 3.63) is 35.0 Å². The first-order valence-corrected chi connectivity index (χ1v) is 6.39. The minimum Gasteiger partial charge on any atom is -0.497 e. The van der Waals surface area contributed by atoms with Gasteiger partial charge in [-0.3, -0.25) is 4.98 Å². The second kappa shape index (κ2) is 6.03. The summed E-state index contributed by atoms with van der Waals surface area (Å²) in [5, 5.41) is 4.87. The number of rotatable bonds is 5. The molecule has 0 spiro atoms. The zero-order valence-electron chi connectivity index (χ0n) is 10.7. The quantitative estimate of drug-likeness (QED) is 0.843. The van der Waals surface area contributed by atoms with E-state index in [0.29, 0.717) is 0 Å². The maximum atomic E-state index is 6.43. The molecule has 0 aliphatic carbocycles. The fourth-order valence-corrected chi connectivity index (χ4v) is 2.23. The summed E-state index contributed by atoms with van der Waals surface area (Å²) in [4.78, 5) is 4.44. The lowest BCUT2D eigenvalue weighted by atomic mass is 10.1. The molecule has 2 rings (SSSR count). The number of halogens is 1. The molecule has 1 aromatic carbocycles. The maximum absolute atomic E-state index is 6.43. The predicted octanol–water partition coefficient (Wildman–Crippen LogP) is 3.05. The van der Waals surface area contributed by atoms with Crippen LogP contribution in [0, 0.1) is 0 Å². The van der Waals surface area contributed by atoms with Gasteiger partial charge >= 0.3 is 0 Å². The van der Waals surface area contributed by atoms with Crippen molar-refractivity contribution < 1.29 is 4.74 Å². The molecule has 4 heteroatoms. The molecule has 0 radical (unpaired) electrons. The number of nitrogens with zero attached hydrogens (tertiary/aromatic N) is 1. The number of pyridine rings is 1. The van der Waals surface area contributed by atoms with Gasteiger partial charge in [-0.05, 0) is 50.2 Å². The van der Waals surface area contributed by atoms with E-state index in [1.54, 1.807) is 7.11 Å². The number of ether oxygens (including phenoxy) is 1. The van der Waals surface area contributed by atoms with E-state index in [4.69, 9.17) is 16.3 Å². The van der Waals surface area contributed by atoms with Gasteiger partial charge in [0.1, 0.15) is 5.75 Å². The molecule has 0 aliphatic heterocycles. The summed E-state index contributed by atoms with van der Waals surface area (Å²) < 4.78 is 5.22. The van der Waals surface area contributed by atoms with E-state index in [9.17, 15) is 0 Å². The molecule has 96 valence electrons. The van der Waals surface area contributed by atoms with Crippen LogP contribution in [0.4, 0.5) is 0 Å². The Balaban J connectivity index is 2.35. The Hall–Kier alpha value is -1.32. The molecule has 1 N–H and O–H groups in total. The fourth-order valence-electron chi connectivity index (χ4n) is 1.94. The second-order valence-electron chi connectivity index (χ2n) is 4.19. The molecule has 0 amide bonds. The Morgan fingerprint density at radius 3 is 2.94 bits per heavy atom. The SMILES string of the molecule is CNCCCc1cnc2ccc(OC)cc2c1Cl. The van der Waals surface area contributed by atoms with E-state index >= 15 is 0 Å². The molecule has 0 bridgehead atoms. The third kappa shape index (κ3) is 2.74. The van der Waals surface area contributed by atoms with Crippen LogP contribution in [0.25, 0.3) is 10.9 Å². The predicted molar refractivity (Wildman–Crippen MR) is 75.6 cm³/mol. The van der Waals surface area contributed by atoms with Crippen LogP contribution in [0.1, 0.15) is 12.0 Å². The number of methoxy groups -OCH3 is 1. The smallest absolute Gasteiger partial charge is 0.119 e. The van der Waals surface area contributed by atoms with Gasteiger partial charge in [-0.15, -0.1) is 0 Å². The number of nitrogens with one attached hydrogen (secondary N) is 1. The van der Waals surface area contributed by atoms with Gasteiger partial charge in [-0.1, -0.05) is 11.6 Å². The second-order valence-corrected chi connectivity index (χ2v) is 4.57. The molecule has 0 saturated heterocycles. The first-order chi connectivity index (χ1) is 8.76. The molecule has 0 atom stereocenters. The summed E-state index contributed by atoms with van der Waals surface area (Å²) in [6, 6.07) is 5.76. The number of hydrogen-bond acceptors (Lipinski definition) is 3. The third-order valence-electron chi connectivity index (χ3n) is 2.95. The fraction of sp³-hybridized carbons (Fsp3) is 0.357. The van der Waals surface area contributed by atoms with E-state index in [1.165, 1.54) is 0 Å². The molecule has 1 heterocycles. The van der Waals surface area contributed by atoms with Crippen LogP contribution in [-0.4, -0.2) is 25.7 Å². The zero-order chi connectivity index (χ0) is 13.0. The number of fused-ring (bicyclic) bond motifs is 1. The average molecular weight is 265 g/mol. The monoisotopic (exact) mass is 264 g/mol. The van der Waals surface area contributed by atoms with Crippen LogP contribution in [0.5, 0.6) is 5.75 Å². The highest BCUT2D eigenvalue weighted by Gasteiger charge is 2.07. The topological polar surface area (TPSA) is 34.2 Å². The van der Waals surface area contributed by atoms with Crippen molar-refractivity contribution in [2.24, 2.45) is 0 Å². The summed E-state index contributed by atoms with van der Waals surface area (Å²) in [7, 11) is 3.60. The standard InChI is InChI=1S/C14H17ClN2O/c1-16-7-3-4-10-9-17-13-6-5-11(18-2)8-12(13)14(10)15/h5-6,8-9,16H,3-4,7H2,1-2H3. The summed E-state index contributed by atoms with van der Waals surface area (Å²) in [6.45, 7) is 0.979. The Morgan fingerprint density at radius 1 is 1.39 bits per heavy atom. The van der Waals surface area contributed by atoms with Gasteiger partial charge in [0, 0.05) is 11.6 Å². The lowest BCUT2D eigenvalue weighted by Crippen LogP contribution is -2.08. The van der Waals surface area contributed by atoms with Crippen molar-refractivity contribution >= 4 is 22.5 Å². The maximum Gasteiger partial charge on any atom is 0.119 e. The first kappa shape index (κ1) is 13.1. The Labute approximate surface area is 112 Å². The molecule has 0 fully saturated rings. The lowest BCUT2D eigenvalue weighted by Gasteiger charge is -2.08. The van der Waals surface area contributed by atoms with Gasteiger partial charge in [0.2, 0.25) is 0 Å². The summed E-state index contributed by atoms with van der Waals surface area (Å²) >= 11 is 6.43. The van der Waals surface area contributed by atoms with E-state index in [2.05, 4.69) is 10.3 Å². The van der Waals surface area contributed by atoms with Gasteiger partial charge in [-0.2, -0.15) is 0 Å². The molecule has 0 aliphatic rings. The number of aromatic nitrogens is 1. The minimum atomic E-state index is 0.787. The largest absolute Gasteiger partial charge is 0.497 e. The molecular weight excluding hydrogens is 248 g/mol.